The maximum Gasteiger partial charge on any atom is 0.245 e. The van der Waals surface area contributed by atoms with E-state index in [0.717, 1.165) is 23.2 Å². The predicted octanol–water partition coefficient (Wildman–Crippen LogP) is 2.15. The second-order valence-electron chi connectivity index (χ2n) is 4.87. The van der Waals surface area contributed by atoms with Gasteiger partial charge in [-0.05, 0) is 25.0 Å². The summed E-state index contributed by atoms with van der Waals surface area (Å²) in [4.78, 5) is -0.368. The monoisotopic (exact) mass is 307 g/mol. The van der Waals surface area contributed by atoms with E-state index in [2.05, 4.69) is 0 Å². The Morgan fingerprint density at radius 1 is 1.29 bits per heavy atom. The molecule has 0 N–H and O–H groups in total. The summed E-state index contributed by atoms with van der Waals surface area (Å²) in [5.41, 5.74) is -0.501. The Hall–Kier alpha value is -1.96. The topological polar surface area (TPSA) is 85.0 Å². The molecule has 1 aliphatic rings. The lowest BCUT2D eigenvalue weighted by Crippen LogP contribution is -2.39. The van der Waals surface area contributed by atoms with Crippen LogP contribution >= 0.6 is 0 Å². The number of nitriles is 2. The lowest BCUT2D eigenvalue weighted by Gasteiger charge is -2.25. The first kappa shape index (κ1) is 15.4. The minimum atomic E-state index is -4.06. The van der Waals surface area contributed by atoms with Gasteiger partial charge in [-0.1, -0.05) is 18.9 Å². The third-order valence-electron chi connectivity index (χ3n) is 3.63. The van der Waals surface area contributed by atoms with Crippen LogP contribution in [0.5, 0.6) is 0 Å². The van der Waals surface area contributed by atoms with Crippen LogP contribution in [0, 0.1) is 28.5 Å². The highest BCUT2D eigenvalue weighted by Gasteiger charge is 2.35. The standard InChI is InChI=1S/C14H14FN3O2S/c15-13-6-3-7-14(12(13)10-17)21(19,20)18(9-8-16)11-4-1-2-5-11/h3,6-7,11H,1-2,4-5,9H2. The van der Waals surface area contributed by atoms with Crippen molar-refractivity contribution in [2.75, 3.05) is 6.54 Å². The van der Waals surface area contributed by atoms with E-state index < -0.39 is 21.4 Å². The Kier molecular flexibility index (Phi) is 4.56. The van der Waals surface area contributed by atoms with Crippen LogP contribution in [0.4, 0.5) is 4.39 Å². The first-order chi connectivity index (χ1) is 10.0. The highest BCUT2D eigenvalue weighted by Crippen LogP contribution is 2.30. The van der Waals surface area contributed by atoms with Crippen LogP contribution in [0.3, 0.4) is 0 Å². The molecule has 1 aromatic rings. The molecule has 7 heteroatoms. The number of hydrogen-bond acceptors (Lipinski definition) is 4. The fraction of sp³-hybridized carbons (Fsp3) is 0.429. The molecule has 1 saturated carbocycles. The van der Waals surface area contributed by atoms with Crippen LogP contribution in [0.1, 0.15) is 31.2 Å². The maximum absolute atomic E-state index is 13.6. The van der Waals surface area contributed by atoms with E-state index in [1.165, 1.54) is 12.1 Å². The number of sulfonamides is 1. The van der Waals surface area contributed by atoms with Crippen LogP contribution in [0.15, 0.2) is 23.1 Å². The van der Waals surface area contributed by atoms with Crippen LogP contribution in [0.25, 0.3) is 0 Å². The van der Waals surface area contributed by atoms with Crippen molar-refractivity contribution in [2.24, 2.45) is 0 Å². The summed E-state index contributed by atoms with van der Waals surface area (Å²) in [6.45, 7) is -0.297. The van der Waals surface area contributed by atoms with Crippen molar-refractivity contribution in [3.8, 4) is 12.1 Å². The molecule has 1 aromatic carbocycles. The van der Waals surface area contributed by atoms with E-state index in [1.807, 2.05) is 6.07 Å². The van der Waals surface area contributed by atoms with Gasteiger partial charge in [-0.15, -0.1) is 0 Å². The molecule has 2 rings (SSSR count). The van der Waals surface area contributed by atoms with E-state index >= 15 is 0 Å². The van der Waals surface area contributed by atoms with Gasteiger partial charge in [0.1, 0.15) is 28.9 Å². The molecule has 0 saturated heterocycles. The Bertz CT molecular complexity index is 713. The molecule has 1 aliphatic carbocycles. The Morgan fingerprint density at radius 2 is 1.95 bits per heavy atom. The summed E-state index contributed by atoms with van der Waals surface area (Å²) in [6.07, 6.45) is 3.16. The van der Waals surface area contributed by atoms with Gasteiger partial charge in [0.15, 0.2) is 0 Å². The van der Waals surface area contributed by atoms with E-state index in [-0.39, 0.29) is 17.5 Å². The molecule has 0 heterocycles. The summed E-state index contributed by atoms with van der Waals surface area (Å²) in [5.74, 6) is -0.873. The molecule has 0 radical (unpaired) electrons. The lowest BCUT2D eigenvalue weighted by atomic mass is 10.2. The highest BCUT2D eigenvalue weighted by molar-refractivity contribution is 7.89. The molecule has 0 bridgehead atoms. The number of nitrogens with zero attached hydrogens (tertiary/aromatic N) is 3. The number of rotatable bonds is 4. The molecule has 0 unspecified atom stereocenters. The van der Waals surface area contributed by atoms with Crippen molar-refractivity contribution in [2.45, 2.75) is 36.6 Å². The van der Waals surface area contributed by atoms with Crippen LogP contribution in [-0.4, -0.2) is 25.3 Å². The van der Waals surface area contributed by atoms with Gasteiger partial charge in [-0.2, -0.15) is 14.8 Å². The van der Waals surface area contributed by atoms with Gasteiger partial charge in [0.2, 0.25) is 10.0 Å². The van der Waals surface area contributed by atoms with Gasteiger partial charge in [0, 0.05) is 6.04 Å². The smallest absolute Gasteiger partial charge is 0.207 e. The normalized spacial score (nSPS) is 15.8. The SMILES string of the molecule is N#CCN(C1CCCC1)S(=O)(=O)c1cccc(F)c1C#N. The zero-order valence-electron chi connectivity index (χ0n) is 11.3. The maximum atomic E-state index is 13.6. The molecule has 0 atom stereocenters. The minimum absolute atomic E-state index is 0.260. The fourth-order valence-corrected chi connectivity index (χ4v) is 4.36. The molecule has 0 aromatic heterocycles. The summed E-state index contributed by atoms with van der Waals surface area (Å²) in [7, 11) is -4.06. The first-order valence-corrected chi connectivity index (χ1v) is 8.03. The molecule has 110 valence electrons. The van der Waals surface area contributed by atoms with Gasteiger partial charge >= 0.3 is 0 Å². The van der Waals surface area contributed by atoms with E-state index in [9.17, 15) is 12.8 Å². The zero-order chi connectivity index (χ0) is 15.5. The average Bonchev–Trinajstić information content (AvgIpc) is 2.98. The average molecular weight is 307 g/mol. The Labute approximate surface area is 123 Å². The lowest BCUT2D eigenvalue weighted by molar-refractivity contribution is 0.350. The highest BCUT2D eigenvalue weighted by atomic mass is 32.2. The number of benzene rings is 1. The molecule has 0 amide bonds. The summed E-state index contributed by atoms with van der Waals surface area (Å²) < 4.78 is 40.1. The second kappa shape index (κ2) is 6.21. The first-order valence-electron chi connectivity index (χ1n) is 6.59. The Morgan fingerprint density at radius 3 is 2.52 bits per heavy atom. The summed E-state index contributed by atoms with van der Waals surface area (Å²) >= 11 is 0. The van der Waals surface area contributed by atoms with Crippen molar-refractivity contribution in [3.05, 3.63) is 29.6 Å². The fourth-order valence-electron chi connectivity index (χ4n) is 2.63. The number of halogens is 1. The van der Waals surface area contributed by atoms with Crippen molar-refractivity contribution in [1.82, 2.24) is 4.31 Å². The molecule has 21 heavy (non-hydrogen) atoms. The molecule has 0 spiro atoms. The van der Waals surface area contributed by atoms with Crippen LogP contribution in [-0.2, 0) is 10.0 Å². The quantitative estimate of drug-likeness (QED) is 0.798. The van der Waals surface area contributed by atoms with Gasteiger partial charge < -0.3 is 0 Å². The molecule has 0 aliphatic heterocycles. The van der Waals surface area contributed by atoms with Crippen LogP contribution < -0.4 is 0 Å². The largest absolute Gasteiger partial charge is 0.245 e. The molecule has 1 fully saturated rings. The van der Waals surface area contributed by atoms with Crippen molar-refractivity contribution < 1.29 is 12.8 Å². The van der Waals surface area contributed by atoms with Crippen molar-refractivity contribution >= 4 is 10.0 Å². The molecular weight excluding hydrogens is 293 g/mol. The Balaban J connectivity index is 2.52. The summed E-state index contributed by atoms with van der Waals surface area (Å²) in [5, 5.41) is 17.9. The number of hydrogen-bond donors (Lipinski definition) is 0. The van der Waals surface area contributed by atoms with E-state index in [1.54, 1.807) is 6.07 Å². The molecule has 5 nitrogen and oxygen atoms in total. The van der Waals surface area contributed by atoms with E-state index in [4.69, 9.17) is 10.5 Å². The van der Waals surface area contributed by atoms with Crippen molar-refractivity contribution in [1.29, 1.82) is 10.5 Å². The molecular formula is C14H14FN3O2S. The van der Waals surface area contributed by atoms with Crippen molar-refractivity contribution in [3.63, 3.8) is 0 Å². The van der Waals surface area contributed by atoms with Gasteiger partial charge in [-0.25, -0.2) is 12.8 Å². The van der Waals surface area contributed by atoms with E-state index in [0.29, 0.717) is 12.8 Å². The van der Waals surface area contributed by atoms with Crippen LogP contribution in [0.2, 0.25) is 0 Å². The predicted molar refractivity (Wildman–Crippen MR) is 72.9 cm³/mol. The summed E-state index contributed by atoms with van der Waals surface area (Å²) in [6, 6.07) is 6.68. The van der Waals surface area contributed by atoms with Gasteiger partial charge in [0.25, 0.3) is 0 Å². The minimum Gasteiger partial charge on any atom is -0.207 e. The van der Waals surface area contributed by atoms with Gasteiger partial charge in [-0.3, -0.25) is 0 Å². The third-order valence-corrected chi connectivity index (χ3v) is 5.57. The third kappa shape index (κ3) is 2.90. The zero-order valence-corrected chi connectivity index (χ0v) is 12.1. The second-order valence-corrected chi connectivity index (χ2v) is 6.73. The van der Waals surface area contributed by atoms with Gasteiger partial charge in [0.05, 0.1) is 6.07 Å².